The van der Waals surface area contributed by atoms with Gasteiger partial charge in [-0.3, -0.25) is 4.79 Å². The lowest BCUT2D eigenvalue weighted by atomic mass is 10.1. The largest absolute Gasteiger partial charge is 0.370 e. The minimum absolute atomic E-state index is 0.333. The van der Waals surface area contributed by atoms with Crippen LogP contribution in [-0.4, -0.2) is 5.91 Å². The summed E-state index contributed by atoms with van der Waals surface area (Å²) in [5.41, 5.74) is 4.47. The molecule has 0 radical (unpaired) electrons. The van der Waals surface area contributed by atoms with Crippen LogP contribution in [0.25, 0.3) is 0 Å². The van der Waals surface area contributed by atoms with Crippen molar-refractivity contribution >= 4 is 5.91 Å². The SMILES string of the molecule is CC(N)=O.CCCCCCCC. The molecule has 0 bridgehead atoms. The van der Waals surface area contributed by atoms with Crippen molar-refractivity contribution in [3.8, 4) is 0 Å². The number of carbonyl (C=O) groups excluding carboxylic acids is 1. The summed E-state index contributed by atoms with van der Waals surface area (Å²) in [6, 6.07) is 0. The summed E-state index contributed by atoms with van der Waals surface area (Å²) in [7, 11) is 0. The molecular formula is C10H23NO. The first-order valence-electron chi connectivity index (χ1n) is 4.91. The van der Waals surface area contributed by atoms with Gasteiger partial charge in [-0.2, -0.15) is 0 Å². The van der Waals surface area contributed by atoms with E-state index in [4.69, 9.17) is 0 Å². The lowest BCUT2D eigenvalue weighted by Gasteiger charge is -1.93. The molecule has 2 nitrogen and oxygen atoms in total. The highest BCUT2D eigenvalue weighted by Gasteiger charge is 1.83. The fraction of sp³-hybridized carbons (Fsp3) is 0.900. The van der Waals surface area contributed by atoms with Crippen molar-refractivity contribution in [2.75, 3.05) is 0 Å². The van der Waals surface area contributed by atoms with Gasteiger partial charge in [0.2, 0.25) is 5.91 Å². The molecule has 0 aromatic rings. The first-order valence-corrected chi connectivity index (χ1v) is 4.91. The van der Waals surface area contributed by atoms with Crippen LogP contribution in [-0.2, 0) is 4.79 Å². The molecule has 0 aromatic carbocycles. The van der Waals surface area contributed by atoms with Gasteiger partial charge in [0.05, 0.1) is 0 Å². The second-order valence-electron chi connectivity index (χ2n) is 3.02. The third-order valence-electron chi connectivity index (χ3n) is 1.46. The van der Waals surface area contributed by atoms with E-state index in [0.717, 1.165) is 0 Å². The Morgan fingerprint density at radius 1 is 1.00 bits per heavy atom. The number of primary amides is 1. The maximum absolute atomic E-state index is 9.22. The average molecular weight is 173 g/mol. The Balaban J connectivity index is 0. The summed E-state index contributed by atoms with van der Waals surface area (Å²) in [4.78, 5) is 9.22. The van der Waals surface area contributed by atoms with Crippen molar-refractivity contribution in [3.63, 3.8) is 0 Å². The normalized spacial score (nSPS) is 8.58. The highest BCUT2D eigenvalue weighted by Crippen LogP contribution is 2.03. The molecule has 0 aliphatic rings. The maximum Gasteiger partial charge on any atom is 0.214 e. The van der Waals surface area contributed by atoms with Gasteiger partial charge in [-0.1, -0.05) is 52.4 Å². The number of carbonyl (C=O) groups is 1. The van der Waals surface area contributed by atoms with Crippen LogP contribution in [0.1, 0.15) is 59.3 Å². The van der Waals surface area contributed by atoms with E-state index in [1.165, 1.54) is 45.4 Å². The highest BCUT2D eigenvalue weighted by molar-refractivity contribution is 5.70. The van der Waals surface area contributed by atoms with Crippen LogP contribution in [0.15, 0.2) is 0 Å². The van der Waals surface area contributed by atoms with Gasteiger partial charge < -0.3 is 5.73 Å². The van der Waals surface area contributed by atoms with Crippen molar-refractivity contribution < 1.29 is 4.79 Å². The maximum atomic E-state index is 9.22. The van der Waals surface area contributed by atoms with E-state index in [0.29, 0.717) is 0 Å². The summed E-state index contributed by atoms with van der Waals surface area (Å²) < 4.78 is 0. The fourth-order valence-electron chi connectivity index (χ4n) is 0.854. The molecule has 0 rings (SSSR count). The van der Waals surface area contributed by atoms with Gasteiger partial charge >= 0.3 is 0 Å². The number of amides is 1. The molecule has 0 unspecified atom stereocenters. The quantitative estimate of drug-likeness (QED) is 0.638. The molecule has 74 valence electrons. The average Bonchev–Trinajstić information content (AvgIpc) is 1.97. The second-order valence-corrected chi connectivity index (χ2v) is 3.02. The van der Waals surface area contributed by atoms with Crippen molar-refractivity contribution in [2.24, 2.45) is 5.73 Å². The van der Waals surface area contributed by atoms with E-state index in [1.54, 1.807) is 0 Å². The topological polar surface area (TPSA) is 43.1 Å². The van der Waals surface area contributed by atoms with Crippen LogP contribution in [0.5, 0.6) is 0 Å². The van der Waals surface area contributed by atoms with Crippen LogP contribution in [0.4, 0.5) is 0 Å². The number of hydrogen-bond donors (Lipinski definition) is 1. The van der Waals surface area contributed by atoms with Gasteiger partial charge in [0.15, 0.2) is 0 Å². The van der Waals surface area contributed by atoms with Crippen LogP contribution in [0.3, 0.4) is 0 Å². The smallest absolute Gasteiger partial charge is 0.214 e. The first-order chi connectivity index (χ1) is 5.65. The second kappa shape index (κ2) is 13.1. The van der Waals surface area contributed by atoms with Gasteiger partial charge in [-0.25, -0.2) is 0 Å². The molecular weight excluding hydrogens is 150 g/mol. The molecule has 0 fully saturated rings. The van der Waals surface area contributed by atoms with Crippen LogP contribution in [0.2, 0.25) is 0 Å². The van der Waals surface area contributed by atoms with Gasteiger partial charge in [-0.05, 0) is 0 Å². The summed E-state index contributed by atoms with van der Waals surface area (Å²) in [5.74, 6) is -0.333. The molecule has 0 saturated heterocycles. The Labute approximate surface area is 76.5 Å². The van der Waals surface area contributed by atoms with Crippen LogP contribution >= 0.6 is 0 Å². The molecule has 2 heteroatoms. The minimum Gasteiger partial charge on any atom is -0.370 e. The molecule has 0 spiro atoms. The predicted molar refractivity (Wildman–Crippen MR) is 53.9 cm³/mol. The monoisotopic (exact) mass is 173 g/mol. The predicted octanol–water partition coefficient (Wildman–Crippen LogP) is 2.86. The third kappa shape index (κ3) is 34.0. The Kier molecular flexibility index (Phi) is 15.3. The van der Waals surface area contributed by atoms with Gasteiger partial charge in [0.1, 0.15) is 0 Å². The molecule has 0 atom stereocenters. The van der Waals surface area contributed by atoms with E-state index in [9.17, 15) is 4.79 Å². The number of rotatable bonds is 5. The first kappa shape index (κ1) is 14.0. The molecule has 1 amide bonds. The number of hydrogen-bond acceptors (Lipinski definition) is 1. The molecule has 12 heavy (non-hydrogen) atoms. The van der Waals surface area contributed by atoms with Gasteiger partial charge in [-0.15, -0.1) is 0 Å². The lowest BCUT2D eigenvalue weighted by Crippen LogP contribution is -2.01. The standard InChI is InChI=1S/C8H18.C2H5NO/c1-3-5-7-8-6-4-2;1-2(3)4/h3-8H2,1-2H3;1H3,(H2,3,4). The van der Waals surface area contributed by atoms with E-state index in [2.05, 4.69) is 19.6 Å². The summed E-state index contributed by atoms with van der Waals surface area (Å²) in [5, 5.41) is 0. The molecule has 0 heterocycles. The summed E-state index contributed by atoms with van der Waals surface area (Å²) in [6.45, 7) is 5.82. The van der Waals surface area contributed by atoms with Crippen molar-refractivity contribution in [1.29, 1.82) is 0 Å². The lowest BCUT2D eigenvalue weighted by molar-refractivity contribution is -0.115. The zero-order valence-corrected chi connectivity index (χ0v) is 8.73. The van der Waals surface area contributed by atoms with Crippen molar-refractivity contribution in [3.05, 3.63) is 0 Å². The summed E-state index contributed by atoms with van der Waals surface area (Å²) in [6.07, 6.45) is 8.49. The third-order valence-corrected chi connectivity index (χ3v) is 1.46. The van der Waals surface area contributed by atoms with E-state index in [1.807, 2.05) is 0 Å². The van der Waals surface area contributed by atoms with Crippen LogP contribution in [0, 0.1) is 0 Å². The van der Waals surface area contributed by atoms with E-state index >= 15 is 0 Å². The van der Waals surface area contributed by atoms with E-state index < -0.39 is 0 Å². The fourth-order valence-corrected chi connectivity index (χ4v) is 0.854. The zero-order chi connectivity index (χ0) is 9.82. The Hall–Kier alpha value is -0.530. The van der Waals surface area contributed by atoms with Crippen molar-refractivity contribution in [1.82, 2.24) is 0 Å². The summed E-state index contributed by atoms with van der Waals surface area (Å²) >= 11 is 0. The Morgan fingerprint density at radius 2 is 1.25 bits per heavy atom. The van der Waals surface area contributed by atoms with Gasteiger partial charge in [0.25, 0.3) is 0 Å². The number of nitrogens with two attached hydrogens (primary N) is 1. The molecule has 0 saturated carbocycles. The highest BCUT2D eigenvalue weighted by atomic mass is 16.1. The van der Waals surface area contributed by atoms with E-state index in [-0.39, 0.29) is 5.91 Å². The number of unbranched alkanes of at least 4 members (excludes halogenated alkanes) is 5. The Bertz CT molecular complexity index is 81.8. The molecule has 0 aliphatic carbocycles. The van der Waals surface area contributed by atoms with Crippen molar-refractivity contribution in [2.45, 2.75) is 59.3 Å². The Morgan fingerprint density at radius 3 is 1.42 bits per heavy atom. The molecule has 0 aromatic heterocycles. The van der Waals surface area contributed by atoms with Gasteiger partial charge in [0, 0.05) is 6.92 Å². The van der Waals surface area contributed by atoms with Crippen LogP contribution < -0.4 is 5.73 Å². The molecule has 2 N–H and O–H groups in total. The molecule has 0 aliphatic heterocycles. The minimum atomic E-state index is -0.333. The zero-order valence-electron chi connectivity index (χ0n) is 8.73.